The molecule has 1 aliphatic rings. The molecule has 1 heterocycles. The van der Waals surface area contributed by atoms with Gasteiger partial charge in [0.15, 0.2) is 5.11 Å². The van der Waals surface area contributed by atoms with Crippen LogP contribution < -0.4 is 10.6 Å². The van der Waals surface area contributed by atoms with Gasteiger partial charge in [0.25, 0.3) is 0 Å². The molecule has 6 nitrogen and oxygen atoms in total. The largest absolute Gasteiger partial charge is 0.383 e. The van der Waals surface area contributed by atoms with Gasteiger partial charge in [-0.05, 0) is 49.3 Å². The van der Waals surface area contributed by atoms with Crippen LogP contribution in [0.15, 0.2) is 18.2 Å². The zero-order chi connectivity index (χ0) is 18.2. The van der Waals surface area contributed by atoms with Crippen LogP contribution in [0.3, 0.4) is 0 Å². The first-order valence-corrected chi connectivity index (χ1v) is 9.01. The van der Waals surface area contributed by atoms with Crippen LogP contribution in [0.2, 0.25) is 0 Å². The molecular weight excluding hydrogens is 336 g/mol. The van der Waals surface area contributed by atoms with Crippen LogP contribution in [0, 0.1) is 13.8 Å². The standard InChI is InChI=1S/C18H28N4O2S/c1-14-10-15(2)12-16(11-14)20-18(25)22-7-5-21(6-8-22)13-17(23)19-4-9-24-3/h10-12H,4-9,13H2,1-3H3,(H,19,23)(H,20,25). The molecule has 2 N–H and O–H groups in total. The van der Waals surface area contributed by atoms with Crippen LogP contribution in [-0.2, 0) is 9.53 Å². The van der Waals surface area contributed by atoms with Crippen molar-refractivity contribution in [2.45, 2.75) is 13.8 Å². The number of nitrogens with one attached hydrogen (secondary N) is 2. The molecule has 1 aromatic carbocycles. The summed E-state index contributed by atoms with van der Waals surface area (Å²) < 4.78 is 4.93. The molecule has 0 aromatic heterocycles. The predicted octanol–water partition coefficient (Wildman–Crippen LogP) is 1.38. The average Bonchev–Trinajstić information content (AvgIpc) is 2.54. The number of thiocarbonyl (C=S) groups is 1. The van der Waals surface area contributed by atoms with Crippen molar-refractivity contribution in [1.82, 2.24) is 15.1 Å². The molecule has 1 amide bonds. The molecule has 1 aromatic rings. The smallest absolute Gasteiger partial charge is 0.234 e. The van der Waals surface area contributed by atoms with E-state index in [9.17, 15) is 4.79 Å². The van der Waals surface area contributed by atoms with Crippen LogP contribution in [0.5, 0.6) is 0 Å². The first-order chi connectivity index (χ1) is 12.0. The van der Waals surface area contributed by atoms with Gasteiger partial charge in [0.05, 0.1) is 13.2 Å². The third kappa shape index (κ3) is 6.61. The van der Waals surface area contributed by atoms with Gasteiger partial charge in [-0.1, -0.05) is 6.07 Å². The van der Waals surface area contributed by atoms with E-state index in [1.54, 1.807) is 7.11 Å². The number of piperazine rings is 1. The number of methoxy groups -OCH3 is 1. The minimum Gasteiger partial charge on any atom is -0.383 e. The first-order valence-electron chi connectivity index (χ1n) is 8.60. The second-order valence-corrected chi connectivity index (χ2v) is 6.80. The van der Waals surface area contributed by atoms with Crippen LogP contribution >= 0.6 is 12.2 Å². The summed E-state index contributed by atoms with van der Waals surface area (Å²) in [6.07, 6.45) is 0. The quantitative estimate of drug-likeness (QED) is 0.588. The van der Waals surface area contributed by atoms with Crippen molar-refractivity contribution in [3.63, 3.8) is 0 Å². The van der Waals surface area contributed by atoms with Gasteiger partial charge >= 0.3 is 0 Å². The van der Waals surface area contributed by atoms with Gasteiger partial charge in [0.2, 0.25) is 5.91 Å². The van der Waals surface area contributed by atoms with Gasteiger partial charge in [-0.2, -0.15) is 0 Å². The molecule has 0 saturated carbocycles. The monoisotopic (exact) mass is 364 g/mol. The van der Waals surface area contributed by atoms with E-state index >= 15 is 0 Å². The SMILES string of the molecule is COCCNC(=O)CN1CCN(C(=S)Nc2cc(C)cc(C)c2)CC1. The van der Waals surface area contributed by atoms with E-state index in [4.69, 9.17) is 17.0 Å². The van der Waals surface area contributed by atoms with Crippen molar-refractivity contribution in [2.75, 3.05) is 58.3 Å². The van der Waals surface area contributed by atoms with Crippen LogP contribution in [-0.4, -0.2) is 73.8 Å². The molecule has 0 aliphatic carbocycles. The lowest BCUT2D eigenvalue weighted by molar-refractivity contribution is -0.122. The molecule has 7 heteroatoms. The third-order valence-corrected chi connectivity index (χ3v) is 4.49. The Kier molecular flexibility index (Phi) is 7.61. The summed E-state index contributed by atoms with van der Waals surface area (Å²) in [4.78, 5) is 16.2. The Hall–Kier alpha value is -1.70. The lowest BCUT2D eigenvalue weighted by Crippen LogP contribution is -2.52. The third-order valence-electron chi connectivity index (χ3n) is 4.13. The Morgan fingerprint density at radius 3 is 2.40 bits per heavy atom. The minimum atomic E-state index is 0.0430. The first kappa shape index (κ1) is 19.6. The molecule has 1 aliphatic heterocycles. The van der Waals surface area contributed by atoms with Gasteiger partial charge in [-0.15, -0.1) is 0 Å². The summed E-state index contributed by atoms with van der Waals surface area (Å²) in [5.41, 5.74) is 3.46. The molecule has 0 atom stereocenters. The average molecular weight is 365 g/mol. The molecule has 138 valence electrons. The number of amides is 1. The summed E-state index contributed by atoms with van der Waals surface area (Å²) in [5.74, 6) is 0.0430. The molecule has 0 spiro atoms. The fourth-order valence-corrected chi connectivity index (χ4v) is 3.21. The highest BCUT2D eigenvalue weighted by Gasteiger charge is 2.20. The maximum atomic E-state index is 11.8. The number of hydrogen-bond acceptors (Lipinski definition) is 4. The number of rotatable bonds is 6. The van der Waals surface area contributed by atoms with Gasteiger partial charge in [0, 0.05) is 45.5 Å². The highest BCUT2D eigenvalue weighted by Crippen LogP contribution is 2.15. The van der Waals surface area contributed by atoms with E-state index in [1.165, 1.54) is 11.1 Å². The molecule has 25 heavy (non-hydrogen) atoms. The minimum absolute atomic E-state index is 0.0430. The second kappa shape index (κ2) is 9.70. The summed E-state index contributed by atoms with van der Waals surface area (Å²) >= 11 is 5.54. The predicted molar refractivity (Wildman–Crippen MR) is 105 cm³/mol. The Morgan fingerprint density at radius 2 is 1.80 bits per heavy atom. The second-order valence-electron chi connectivity index (χ2n) is 6.41. The number of hydrogen-bond donors (Lipinski definition) is 2. The zero-order valence-corrected chi connectivity index (χ0v) is 16.1. The van der Waals surface area contributed by atoms with Crippen LogP contribution in [0.4, 0.5) is 5.69 Å². The molecular formula is C18H28N4O2S. The lowest BCUT2D eigenvalue weighted by atomic mass is 10.1. The molecule has 1 saturated heterocycles. The number of ether oxygens (including phenoxy) is 1. The fourth-order valence-electron chi connectivity index (χ4n) is 2.91. The van der Waals surface area contributed by atoms with Crippen molar-refractivity contribution >= 4 is 28.9 Å². The Labute approximate surface area is 155 Å². The molecule has 0 bridgehead atoms. The highest BCUT2D eigenvalue weighted by atomic mass is 32.1. The molecule has 0 radical (unpaired) electrons. The van der Waals surface area contributed by atoms with Crippen molar-refractivity contribution in [3.05, 3.63) is 29.3 Å². The highest BCUT2D eigenvalue weighted by molar-refractivity contribution is 7.80. The normalized spacial score (nSPS) is 15.1. The van der Waals surface area contributed by atoms with Gasteiger partial charge in [-0.25, -0.2) is 0 Å². The van der Waals surface area contributed by atoms with E-state index < -0.39 is 0 Å². The van der Waals surface area contributed by atoms with Crippen LogP contribution in [0.1, 0.15) is 11.1 Å². The number of carbonyl (C=O) groups is 1. The van der Waals surface area contributed by atoms with Crippen molar-refractivity contribution in [2.24, 2.45) is 0 Å². The van der Waals surface area contributed by atoms with Gasteiger partial charge in [-0.3, -0.25) is 9.69 Å². The number of carbonyl (C=O) groups excluding carboxylic acids is 1. The lowest BCUT2D eigenvalue weighted by Gasteiger charge is -2.35. The Morgan fingerprint density at radius 1 is 1.16 bits per heavy atom. The summed E-state index contributed by atoms with van der Waals surface area (Å²) in [6, 6.07) is 6.34. The maximum absolute atomic E-state index is 11.8. The molecule has 0 unspecified atom stereocenters. The van der Waals surface area contributed by atoms with Gasteiger partial charge < -0.3 is 20.3 Å². The van der Waals surface area contributed by atoms with E-state index in [0.717, 1.165) is 37.0 Å². The fraction of sp³-hybridized carbons (Fsp3) is 0.556. The van der Waals surface area contributed by atoms with Crippen molar-refractivity contribution in [3.8, 4) is 0 Å². The van der Waals surface area contributed by atoms with Crippen molar-refractivity contribution in [1.29, 1.82) is 0 Å². The van der Waals surface area contributed by atoms with Gasteiger partial charge in [0.1, 0.15) is 0 Å². The Balaban J connectivity index is 1.75. The summed E-state index contributed by atoms with van der Waals surface area (Å²) in [5, 5.41) is 6.92. The summed E-state index contributed by atoms with van der Waals surface area (Å²) in [6.45, 7) is 8.98. The molecule has 2 rings (SSSR count). The number of benzene rings is 1. The Bertz CT molecular complexity index is 580. The number of aryl methyl sites for hydroxylation is 2. The topological polar surface area (TPSA) is 56.8 Å². The van der Waals surface area contributed by atoms with Crippen LogP contribution in [0.25, 0.3) is 0 Å². The zero-order valence-electron chi connectivity index (χ0n) is 15.3. The van der Waals surface area contributed by atoms with Crippen molar-refractivity contribution < 1.29 is 9.53 Å². The number of anilines is 1. The number of nitrogens with zero attached hydrogens (tertiary/aromatic N) is 2. The van der Waals surface area contributed by atoms with E-state index in [2.05, 4.69) is 52.5 Å². The maximum Gasteiger partial charge on any atom is 0.234 e. The van der Waals surface area contributed by atoms with E-state index in [0.29, 0.717) is 19.7 Å². The van der Waals surface area contributed by atoms with E-state index in [-0.39, 0.29) is 5.91 Å². The molecule has 1 fully saturated rings. The van der Waals surface area contributed by atoms with E-state index in [1.807, 2.05) is 0 Å². The summed E-state index contributed by atoms with van der Waals surface area (Å²) in [7, 11) is 1.63.